The SMILES string of the molecule is Cl.Cn1nc(I)cc1N. The summed E-state index contributed by atoms with van der Waals surface area (Å²) in [6.07, 6.45) is 0. The normalized spacial score (nSPS) is 8.67. The third-order valence-corrected chi connectivity index (χ3v) is 1.41. The standard InChI is InChI=1S/C4H6IN3.ClH/c1-8-4(6)2-3(5)7-8;/h2H,6H2,1H3;1H. The average molecular weight is 259 g/mol. The second kappa shape index (κ2) is 3.26. The van der Waals surface area contributed by atoms with Gasteiger partial charge in [-0.05, 0) is 22.6 Å². The number of aryl methyl sites for hydroxylation is 1. The van der Waals surface area contributed by atoms with E-state index < -0.39 is 0 Å². The van der Waals surface area contributed by atoms with E-state index in [1.807, 2.05) is 13.1 Å². The van der Waals surface area contributed by atoms with Gasteiger partial charge in [-0.15, -0.1) is 12.4 Å². The Morgan fingerprint density at radius 3 is 2.44 bits per heavy atom. The summed E-state index contributed by atoms with van der Waals surface area (Å²) in [6, 6.07) is 1.82. The van der Waals surface area contributed by atoms with Crippen LogP contribution in [0.1, 0.15) is 0 Å². The van der Waals surface area contributed by atoms with Gasteiger partial charge in [-0.1, -0.05) is 0 Å². The van der Waals surface area contributed by atoms with E-state index in [2.05, 4.69) is 27.7 Å². The second-order valence-corrected chi connectivity index (χ2v) is 2.62. The summed E-state index contributed by atoms with van der Waals surface area (Å²) in [5.41, 5.74) is 5.44. The molecule has 0 aliphatic heterocycles. The maximum Gasteiger partial charge on any atom is 0.125 e. The van der Waals surface area contributed by atoms with Crippen LogP contribution < -0.4 is 5.73 Å². The molecule has 0 saturated heterocycles. The first kappa shape index (κ1) is 9.03. The lowest BCUT2D eigenvalue weighted by Gasteiger charge is -1.87. The van der Waals surface area contributed by atoms with Crippen molar-refractivity contribution in [2.75, 3.05) is 5.73 Å². The Bertz CT molecular complexity index is 178. The van der Waals surface area contributed by atoms with Crippen molar-refractivity contribution < 1.29 is 0 Å². The summed E-state index contributed by atoms with van der Waals surface area (Å²) in [6.45, 7) is 0. The number of halogens is 2. The first-order chi connectivity index (χ1) is 3.70. The number of rotatable bonds is 0. The molecule has 0 radical (unpaired) electrons. The summed E-state index contributed by atoms with van der Waals surface area (Å²) >= 11 is 2.11. The number of anilines is 1. The van der Waals surface area contributed by atoms with E-state index in [0.717, 1.165) is 3.70 Å². The van der Waals surface area contributed by atoms with E-state index in [9.17, 15) is 0 Å². The molecule has 0 spiro atoms. The van der Waals surface area contributed by atoms with Crippen LogP contribution in [-0.2, 0) is 7.05 Å². The largest absolute Gasteiger partial charge is 0.384 e. The zero-order valence-electron chi connectivity index (χ0n) is 4.84. The molecule has 0 saturated carbocycles. The van der Waals surface area contributed by atoms with Gasteiger partial charge in [-0.3, -0.25) is 4.68 Å². The van der Waals surface area contributed by atoms with Gasteiger partial charge in [0.1, 0.15) is 9.52 Å². The van der Waals surface area contributed by atoms with E-state index in [-0.39, 0.29) is 12.4 Å². The molecule has 52 valence electrons. The molecular formula is C4H7ClIN3. The summed E-state index contributed by atoms with van der Waals surface area (Å²) in [5, 5.41) is 3.99. The number of hydrogen-bond donors (Lipinski definition) is 1. The van der Waals surface area contributed by atoms with Crippen LogP contribution in [0.25, 0.3) is 0 Å². The smallest absolute Gasteiger partial charge is 0.125 e. The Balaban J connectivity index is 0.000000640. The van der Waals surface area contributed by atoms with Gasteiger partial charge in [0.05, 0.1) is 0 Å². The lowest BCUT2D eigenvalue weighted by molar-refractivity contribution is 0.770. The molecule has 1 heterocycles. The first-order valence-corrected chi connectivity index (χ1v) is 3.23. The minimum atomic E-state index is 0. The Kier molecular flexibility index (Phi) is 3.27. The van der Waals surface area contributed by atoms with E-state index in [1.165, 1.54) is 0 Å². The zero-order valence-corrected chi connectivity index (χ0v) is 7.81. The van der Waals surface area contributed by atoms with Crippen LogP contribution >= 0.6 is 35.0 Å². The minimum absolute atomic E-state index is 0. The lowest BCUT2D eigenvalue weighted by Crippen LogP contribution is -1.96. The zero-order chi connectivity index (χ0) is 6.15. The van der Waals surface area contributed by atoms with Gasteiger partial charge >= 0.3 is 0 Å². The third kappa shape index (κ3) is 2.02. The summed E-state index contributed by atoms with van der Waals surface area (Å²) in [4.78, 5) is 0. The molecule has 1 aromatic rings. The highest BCUT2D eigenvalue weighted by molar-refractivity contribution is 14.1. The predicted octanol–water partition coefficient (Wildman–Crippen LogP) is 1.03. The monoisotopic (exact) mass is 259 g/mol. The number of hydrogen-bond acceptors (Lipinski definition) is 2. The molecule has 2 N–H and O–H groups in total. The highest BCUT2D eigenvalue weighted by Crippen LogP contribution is 2.05. The topological polar surface area (TPSA) is 43.8 Å². The molecule has 5 heteroatoms. The second-order valence-electron chi connectivity index (χ2n) is 1.52. The number of nitrogens with zero attached hydrogens (tertiary/aromatic N) is 2. The van der Waals surface area contributed by atoms with Crippen LogP contribution in [-0.4, -0.2) is 9.78 Å². The summed E-state index contributed by atoms with van der Waals surface area (Å²) in [5.74, 6) is 0.703. The van der Waals surface area contributed by atoms with E-state index in [0.29, 0.717) is 5.82 Å². The highest BCUT2D eigenvalue weighted by atomic mass is 127. The Morgan fingerprint density at radius 1 is 1.78 bits per heavy atom. The minimum Gasteiger partial charge on any atom is -0.384 e. The number of nitrogen functional groups attached to an aromatic ring is 1. The molecule has 0 aliphatic rings. The van der Waals surface area contributed by atoms with Crippen LogP contribution in [0.3, 0.4) is 0 Å². The molecule has 0 atom stereocenters. The van der Waals surface area contributed by atoms with Crippen molar-refractivity contribution in [1.29, 1.82) is 0 Å². The number of aromatic nitrogens is 2. The van der Waals surface area contributed by atoms with Crippen molar-refractivity contribution in [1.82, 2.24) is 9.78 Å². The molecule has 0 aromatic carbocycles. The molecule has 0 unspecified atom stereocenters. The predicted molar refractivity (Wildman–Crippen MR) is 47.6 cm³/mol. The van der Waals surface area contributed by atoms with Crippen molar-refractivity contribution in [3.8, 4) is 0 Å². The van der Waals surface area contributed by atoms with Crippen molar-refractivity contribution in [2.24, 2.45) is 7.05 Å². The van der Waals surface area contributed by atoms with E-state index in [1.54, 1.807) is 4.68 Å². The van der Waals surface area contributed by atoms with Crippen LogP contribution in [0.4, 0.5) is 5.82 Å². The van der Waals surface area contributed by atoms with Gasteiger partial charge < -0.3 is 5.73 Å². The van der Waals surface area contributed by atoms with E-state index >= 15 is 0 Å². The quantitative estimate of drug-likeness (QED) is 0.707. The van der Waals surface area contributed by atoms with Crippen LogP contribution in [0, 0.1) is 3.70 Å². The number of nitrogens with two attached hydrogens (primary N) is 1. The summed E-state index contributed by atoms with van der Waals surface area (Å²) < 4.78 is 2.57. The van der Waals surface area contributed by atoms with Crippen LogP contribution in [0.2, 0.25) is 0 Å². The molecule has 1 aromatic heterocycles. The Morgan fingerprint density at radius 2 is 2.33 bits per heavy atom. The van der Waals surface area contributed by atoms with Crippen molar-refractivity contribution in [3.05, 3.63) is 9.77 Å². The molecule has 0 aliphatic carbocycles. The van der Waals surface area contributed by atoms with Crippen LogP contribution in [0.5, 0.6) is 0 Å². The first-order valence-electron chi connectivity index (χ1n) is 2.15. The van der Waals surface area contributed by atoms with E-state index in [4.69, 9.17) is 5.73 Å². The molecule has 0 amide bonds. The van der Waals surface area contributed by atoms with Gasteiger partial charge in [0, 0.05) is 13.1 Å². The third-order valence-electron chi connectivity index (χ3n) is 0.886. The summed E-state index contributed by atoms with van der Waals surface area (Å²) in [7, 11) is 1.82. The van der Waals surface area contributed by atoms with Crippen LogP contribution in [0.15, 0.2) is 6.07 Å². The van der Waals surface area contributed by atoms with Gasteiger partial charge in [0.25, 0.3) is 0 Å². The van der Waals surface area contributed by atoms with Gasteiger partial charge in [-0.2, -0.15) is 5.10 Å². The fraction of sp³-hybridized carbons (Fsp3) is 0.250. The van der Waals surface area contributed by atoms with Crippen molar-refractivity contribution >= 4 is 40.8 Å². The van der Waals surface area contributed by atoms with Crippen molar-refractivity contribution in [2.45, 2.75) is 0 Å². The molecule has 3 nitrogen and oxygen atoms in total. The molecule has 0 fully saturated rings. The van der Waals surface area contributed by atoms with Gasteiger partial charge in [0.15, 0.2) is 0 Å². The van der Waals surface area contributed by atoms with Crippen molar-refractivity contribution in [3.63, 3.8) is 0 Å². The Labute approximate surface area is 73.2 Å². The Hall–Kier alpha value is 0.0300. The fourth-order valence-electron chi connectivity index (χ4n) is 0.445. The molecule has 9 heavy (non-hydrogen) atoms. The highest BCUT2D eigenvalue weighted by Gasteiger charge is 1.94. The molecule has 0 bridgehead atoms. The maximum absolute atomic E-state index is 5.44. The van der Waals surface area contributed by atoms with Gasteiger partial charge in [-0.25, -0.2) is 0 Å². The molecule has 1 rings (SSSR count). The van der Waals surface area contributed by atoms with Gasteiger partial charge in [0.2, 0.25) is 0 Å². The lowest BCUT2D eigenvalue weighted by atomic mass is 10.7. The average Bonchev–Trinajstić information content (AvgIpc) is 1.85. The fourth-order valence-corrected chi connectivity index (χ4v) is 1.09. The molecular weight excluding hydrogens is 252 g/mol. The maximum atomic E-state index is 5.44.